The maximum absolute atomic E-state index is 10.9. The highest BCUT2D eigenvalue weighted by atomic mass is 32.2. The van der Waals surface area contributed by atoms with Gasteiger partial charge in [0.15, 0.2) is 0 Å². The molecule has 0 aliphatic carbocycles. The van der Waals surface area contributed by atoms with Gasteiger partial charge in [-0.05, 0) is 6.08 Å². The third-order valence-electron chi connectivity index (χ3n) is 2.03. The number of carbonyl (C=O) groups is 1. The Kier molecular flexibility index (Phi) is 1.55. The minimum absolute atomic E-state index is 0.294. The van der Waals surface area contributed by atoms with Crippen molar-refractivity contribution in [1.82, 2.24) is 4.90 Å². The zero-order valence-electron chi connectivity index (χ0n) is 6.12. The lowest BCUT2D eigenvalue weighted by Crippen LogP contribution is -2.47. The molecule has 1 amide bonds. The van der Waals surface area contributed by atoms with Crippen LogP contribution >= 0.6 is 11.8 Å². The van der Waals surface area contributed by atoms with Crippen LogP contribution in [0.3, 0.4) is 0 Å². The van der Waals surface area contributed by atoms with Gasteiger partial charge in [0.05, 0.1) is 11.8 Å². The van der Waals surface area contributed by atoms with Crippen molar-refractivity contribution in [3.8, 4) is 0 Å². The minimum atomic E-state index is 0.294. The van der Waals surface area contributed by atoms with Crippen molar-refractivity contribution >= 4 is 17.7 Å². The normalized spacial score (nSPS) is 34.2. The molecule has 0 aromatic heterocycles. The molecule has 2 heterocycles. The summed E-state index contributed by atoms with van der Waals surface area (Å²) in [6.45, 7) is 4.37. The molecule has 2 nitrogen and oxygen atoms in total. The van der Waals surface area contributed by atoms with Crippen LogP contribution in [-0.2, 0) is 4.79 Å². The molecule has 3 heteroatoms. The van der Waals surface area contributed by atoms with E-state index in [1.165, 1.54) is 0 Å². The molecule has 0 bridgehead atoms. The Bertz CT molecular complexity index is 244. The Morgan fingerprint density at radius 3 is 3.18 bits per heavy atom. The van der Waals surface area contributed by atoms with Crippen molar-refractivity contribution in [3.63, 3.8) is 0 Å². The fourth-order valence-electron chi connectivity index (χ4n) is 1.43. The van der Waals surface area contributed by atoms with Crippen LogP contribution in [0.1, 0.15) is 6.42 Å². The number of hydrogen-bond acceptors (Lipinski definition) is 2. The van der Waals surface area contributed by atoms with Crippen molar-refractivity contribution in [2.75, 3.05) is 6.54 Å². The smallest absolute Gasteiger partial charge is 0.226 e. The monoisotopic (exact) mass is 167 g/mol. The first kappa shape index (κ1) is 7.01. The molecule has 2 saturated heterocycles. The van der Waals surface area contributed by atoms with E-state index in [4.69, 9.17) is 0 Å². The molecule has 2 aliphatic rings. The SMILES string of the molecule is C=C=CC1CN2C(=O)C[C@H]2S1. The summed E-state index contributed by atoms with van der Waals surface area (Å²) in [5.41, 5.74) is 2.76. The summed E-state index contributed by atoms with van der Waals surface area (Å²) in [5, 5.41) is 0.890. The molecule has 0 saturated carbocycles. The van der Waals surface area contributed by atoms with E-state index >= 15 is 0 Å². The summed E-state index contributed by atoms with van der Waals surface area (Å²) in [6, 6.07) is 0. The Balaban J connectivity index is 2.03. The Labute approximate surface area is 69.9 Å². The topological polar surface area (TPSA) is 20.3 Å². The van der Waals surface area contributed by atoms with Crippen molar-refractivity contribution in [2.45, 2.75) is 17.0 Å². The average molecular weight is 167 g/mol. The van der Waals surface area contributed by atoms with Gasteiger partial charge in [0.2, 0.25) is 5.91 Å². The number of carbonyl (C=O) groups excluding carboxylic acids is 1. The van der Waals surface area contributed by atoms with Crippen LogP contribution in [0.4, 0.5) is 0 Å². The van der Waals surface area contributed by atoms with E-state index in [1.54, 1.807) is 0 Å². The molecule has 0 spiro atoms. The molecule has 58 valence electrons. The fourth-order valence-corrected chi connectivity index (χ4v) is 2.84. The molecule has 1 unspecified atom stereocenters. The van der Waals surface area contributed by atoms with Gasteiger partial charge in [-0.2, -0.15) is 0 Å². The van der Waals surface area contributed by atoms with Gasteiger partial charge < -0.3 is 4.90 Å². The van der Waals surface area contributed by atoms with Crippen molar-refractivity contribution in [2.24, 2.45) is 0 Å². The quantitative estimate of drug-likeness (QED) is 0.429. The second kappa shape index (κ2) is 2.43. The van der Waals surface area contributed by atoms with Crippen LogP contribution in [0.25, 0.3) is 0 Å². The summed E-state index contributed by atoms with van der Waals surface area (Å²) in [7, 11) is 0. The zero-order chi connectivity index (χ0) is 7.84. The number of nitrogens with zero attached hydrogens (tertiary/aromatic N) is 1. The lowest BCUT2D eigenvalue weighted by molar-refractivity contribution is -0.140. The highest BCUT2D eigenvalue weighted by Gasteiger charge is 2.43. The van der Waals surface area contributed by atoms with Crippen LogP contribution in [0.15, 0.2) is 18.4 Å². The first-order valence-corrected chi connectivity index (χ1v) is 4.56. The highest BCUT2D eigenvalue weighted by Crippen LogP contribution is 2.39. The predicted octanol–water partition coefficient (Wildman–Crippen LogP) is 1.00. The first-order chi connectivity index (χ1) is 5.31. The second-order valence-corrected chi connectivity index (χ2v) is 4.17. The van der Waals surface area contributed by atoms with Crippen LogP contribution in [0, 0.1) is 0 Å². The maximum atomic E-state index is 10.9. The summed E-state index contributed by atoms with van der Waals surface area (Å²) in [4.78, 5) is 12.8. The summed E-state index contributed by atoms with van der Waals surface area (Å²) in [6.07, 6.45) is 2.67. The van der Waals surface area contributed by atoms with Gasteiger partial charge in [-0.1, -0.05) is 6.58 Å². The number of fused-ring (bicyclic) bond motifs is 1. The number of rotatable bonds is 1. The zero-order valence-corrected chi connectivity index (χ0v) is 6.93. The fraction of sp³-hybridized carbons (Fsp3) is 0.500. The van der Waals surface area contributed by atoms with Gasteiger partial charge >= 0.3 is 0 Å². The number of amides is 1. The molecule has 0 radical (unpaired) electrons. The van der Waals surface area contributed by atoms with Crippen LogP contribution in [-0.4, -0.2) is 28.0 Å². The van der Waals surface area contributed by atoms with E-state index < -0.39 is 0 Å². The molecule has 2 fully saturated rings. The summed E-state index contributed by atoms with van der Waals surface area (Å²) >= 11 is 1.84. The lowest BCUT2D eigenvalue weighted by atomic mass is 10.2. The lowest BCUT2D eigenvalue weighted by Gasteiger charge is -2.32. The van der Waals surface area contributed by atoms with E-state index in [2.05, 4.69) is 12.3 Å². The standard InChI is InChI=1S/C8H9NOS/c1-2-3-6-5-9-7(10)4-8(9)11-6/h3,6,8H,1,4-5H2/t6?,8-/m1/s1. The Hall–Kier alpha value is -0.660. The van der Waals surface area contributed by atoms with Crippen molar-refractivity contribution < 1.29 is 4.79 Å². The second-order valence-electron chi connectivity index (χ2n) is 2.75. The first-order valence-electron chi connectivity index (χ1n) is 3.62. The molecule has 11 heavy (non-hydrogen) atoms. The third-order valence-corrected chi connectivity index (χ3v) is 3.40. The van der Waals surface area contributed by atoms with Crippen LogP contribution < -0.4 is 0 Å². The van der Waals surface area contributed by atoms with Crippen LogP contribution in [0.2, 0.25) is 0 Å². The molecule has 0 N–H and O–H groups in total. The van der Waals surface area contributed by atoms with Gasteiger partial charge in [0.25, 0.3) is 0 Å². The molecule has 2 atom stereocenters. The number of β-lactam (4-membered cyclic amide) rings is 1. The third kappa shape index (κ3) is 1.01. The van der Waals surface area contributed by atoms with E-state index in [0.717, 1.165) is 13.0 Å². The molecule has 2 aliphatic heterocycles. The van der Waals surface area contributed by atoms with E-state index in [0.29, 0.717) is 16.5 Å². The Morgan fingerprint density at radius 2 is 2.64 bits per heavy atom. The van der Waals surface area contributed by atoms with Crippen molar-refractivity contribution in [1.29, 1.82) is 0 Å². The average Bonchev–Trinajstić information content (AvgIpc) is 2.29. The van der Waals surface area contributed by atoms with Crippen LogP contribution in [0.5, 0.6) is 0 Å². The van der Waals surface area contributed by atoms with E-state index in [1.807, 2.05) is 22.7 Å². The van der Waals surface area contributed by atoms with Gasteiger partial charge in [0.1, 0.15) is 0 Å². The molecular formula is C8H9NOS. The molecule has 0 aromatic rings. The molecule has 2 rings (SSSR count). The largest absolute Gasteiger partial charge is 0.329 e. The molecular weight excluding hydrogens is 158 g/mol. The van der Waals surface area contributed by atoms with Gasteiger partial charge in [-0.15, -0.1) is 17.5 Å². The summed E-state index contributed by atoms with van der Waals surface area (Å²) in [5.74, 6) is 0.294. The van der Waals surface area contributed by atoms with Gasteiger partial charge in [-0.3, -0.25) is 4.79 Å². The summed E-state index contributed by atoms with van der Waals surface area (Å²) < 4.78 is 0. The number of hydrogen-bond donors (Lipinski definition) is 0. The maximum Gasteiger partial charge on any atom is 0.226 e. The van der Waals surface area contributed by atoms with Gasteiger partial charge in [-0.25, -0.2) is 0 Å². The molecule has 0 aromatic carbocycles. The highest BCUT2D eigenvalue weighted by molar-refractivity contribution is 8.01. The van der Waals surface area contributed by atoms with Crippen molar-refractivity contribution in [3.05, 3.63) is 18.4 Å². The van der Waals surface area contributed by atoms with E-state index in [-0.39, 0.29) is 0 Å². The number of thioether (sulfide) groups is 1. The Morgan fingerprint density at radius 1 is 1.82 bits per heavy atom. The predicted molar refractivity (Wildman–Crippen MR) is 45.2 cm³/mol. The van der Waals surface area contributed by atoms with Gasteiger partial charge in [0, 0.05) is 11.8 Å². The minimum Gasteiger partial charge on any atom is -0.329 e. The van der Waals surface area contributed by atoms with E-state index in [9.17, 15) is 4.79 Å².